The first-order valence-corrected chi connectivity index (χ1v) is 8.72. The topological polar surface area (TPSA) is 115 Å². The minimum absolute atomic E-state index is 0.0264. The molecule has 1 aromatic carbocycles. The molecule has 0 atom stereocenters. The predicted octanol–water partition coefficient (Wildman–Crippen LogP) is 2.96. The van der Waals surface area contributed by atoms with Crippen LogP contribution in [0.5, 0.6) is 17.2 Å². The standard InChI is InChI=1S/C19H20F2N4O5/c1-9-14(19(22)26)15(18(20)21)23-25(9)8-10-7-12(24-30-10)11-5-6-13(27-2)17(29-4)16(11)28-3/h5-7,18H,8H2,1-4H3,(H2,22,26). The van der Waals surface area contributed by atoms with Crippen LogP contribution in [0.2, 0.25) is 0 Å². The Bertz CT molecular complexity index is 1080. The molecule has 0 spiro atoms. The highest BCUT2D eigenvalue weighted by Crippen LogP contribution is 2.44. The van der Waals surface area contributed by atoms with Crippen molar-refractivity contribution in [1.82, 2.24) is 14.9 Å². The lowest BCUT2D eigenvalue weighted by Crippen LogP contribution is -2.14. The smallest absolute Gasteiger partial charge is 0.282 e. The zero-order valence-corrected chi connectivity index (χ0v) is 16.7. The van der Waals surface area contributed by atoms with E-state index in [1.807, 2.05) is 0 Å². The van der Waals surface area contributed by atoms with Crippen LogP contribution in [-0.4, -0.2) is 42.2 Å². The number of hydrogen-bond donors (Lipinski definition) is 1. The third kappa shape index (κ3) is 3.65. The molecule has 11 heteroatoms. The first-order chi connectivity index (χ1) is 14.3. The van der Waals surface area contributed by atoms with E-state index >= 15 is 0 Å². The number of halogens is 2. The summed E-state index contributed by atoms with van der Waals surface area (Å²) in [5.74, 6) is 0.611. The fourth-order valence-electron chi connectivity index (χ4n) is 3.15. The number of carbonyl (C=O) groups is 1. The molecule has 0 bridgehead atoms. The normalized spacial score (nSPS) is 11.0. The molecular formula is C19H20F2N4O5. The largest absolute Gasteiger partial charge is 0.493 e. The first-order valence-electron chi connectivity index (χ1n) is 8.72. The number of carbonyl (C=O) groups excluding carboxylic acids is 1. The molecule has 3 aromatic rings. The van der Waals surface area contributed by atoms with Crippen molar-refractivity contribution in [3.63, 3.8) is 0 Å². The summed E-state index contributed by atoms with van der Waals surface area (Å²) in [7, 11) is 4.47. The number of aromatic nitrogens is 3. The Balaban J connectivity index is 1.97. The molecule has 2 heterocycles. The molecule has 9 nitrogen and oxygen atoms in total. The Morgan fingerprint density at radius 2 is 1.90 bits per heavy atom. The van der Waals surface area contributed by atoms with Crippen molar-refractivity contribution in [3.8, 4) is 28.5 Å². The number of hydrogen-bond acceptors (Lipinski definition) is 7. The monoisotopic (exact) mass is 422 g/mol. The van der Waals surface area contributed by atoms with E-state index in [4.69, 9.17) is 24.5 Å². The van der Waals surface area contributed by atoms with Crippen LogP contribution in [0.1, 0.15) is 33.9 Å². The lowest BCUT2D eigenvalue weighted by atomic mass is 10.1. The summed E-state index contributed by atoms with van der Waals surface area (Å²) in [5.41, 5.74) is 5.47. The molecule has 160 valence electrons. The highest BCUT2D eigenvalue weighted by Gasteiger charge is 2.26. The second kappa shape index (κ2) is 8.39. The van der Waals surface area contributed by atoms with Crippen molar-refractivity contribution in [1.29, 1.82) is 0 Å². The Kier molecular flexibility index (Phi) is 5.90. The van der Waals surface area contributed by atoms with Crippen LogP contribution in [0, 0.1) is 6.92 Å². The SMILES string of the molecule is COc1ccc(-c2cc(Cn3nc(C(F)F)c(C(N)=O)c3C)on2)c(OC)c1OC. The van der Waals surface area contributed by atoms with E-state index in [1.54, 1.807) is 18.2 Å². The molecule has 2 N–H and O–H groups in total. The lowest BCUT2D eigenvalue weighted by molar-refractivity contribution is 0.0984. The first kappa shape index (κ1) is 21.1. The minimum Gasteiger partial charge on any atom is -0.493 e. The molecule has 0 fully saturated rings. The van der Waals surface area contributed by atoms with Gasteiger partial charge in [0.05, 0.1) is 26.9 Å². The highest BCUT2D eigenvalue weighted by atomic mass is 19.3. The van der Waals surface area contributed by atoms with E-state index in [2.05, 4.69) is 10.3 Å². The van der Waals surface area contributed by atoms with E-state index in [-0.39, 0.29) is 17.8 Å². The van der Waals surface area contributed by atoms with Gasteiger partial charge in [-0.3, -0.25) is 9.48 Å². The van der Waals surface area contributed by atoms with Crippen LogP contribution >= 0.6 is 0 Å². The Morgan fingerprint density at radius 1 is 1.20 bits per heavy atom. The number of alkyl halides is 2. The van der Waals surface area contributed by atoms with E-state index in [0.717, 1.165) is 0 Å². The second-order valence-electron chi connectivity index (χ2n) is 6.23. The maximum absolute atomic E-state index is 13.2. The van der Waals surface area contributed by atoms with Crippen LogP contribution < -0.4 is 19.9 Å². The minimum atomic E-state index is -2.94. The van der Waals surface area contributed by atoms with Gasteiger partial charge < -0.3 is 24.5 Å². The van der Waals surface area contributed by atoms with Gasteiger partial charge in [-0.2, -0.15) is 5.10 Å². The van der Waals surface area contributed by atoms with E-state index in [1.165, 1.54) is 32.9 Å². The van der Waals surface area contributed by atoms with Gasteiger partial charge in [0.2, 0.25) is 5.75 Å². The molecular weight excluding hydrogens is 402 g/mol. The third-order valence-electron chi connectivity index (χ3n) is 4.53. The zero-order chi connectivity index (χ0) is 22.0. The van der Waals surface area contributed by atoms with E-state index in [9.17, 15) is 13.6 Å². The number of nitrogens with two attached hydrogens (primary N) is 1. The molecule has 1 amide bonds. The lowest BCUT2D eigenvalue weighted by Gasteiger charge is -2.14. The van der Waals surface area contributed by atoms with Gasteiger partial charge in [-0.1, -0.05) is 5.16 Å². The summed E-state index contributed by atoms with van der Waals surface area (Å²) < 4.78 is 49.0. The van der Waals surface area contributed by atoms with Crippen molar-refractivity contribution in [2.75, 3.05) is 21.3 Å². The van der Waals surface area contributed by atoms with Crippen molar-refractivity contribution in [3.05, 3.63) is 40.9 Å². The summed E-state index contributed by atoms with van der Waals surface area (Å²) in [6, 6.07) is 5.02. The average Bonchev–Trinajstić information content (AvgIpc) is 3.31. The molecule has 2 aromatic heterocycles. The van der Waals surface area contributed by atoms with Crippen LogP contribution in [0.15, 0.2) is 22.7 Å². The van der Waals surface area contributed by atoms with Gasteiger partial charge in [-0.15, -0.1) is 0 Å². The Labute approximate surface area is 170 Å². The number of primary amides is 1. The molecule has 30 heavy (non-hydrogen) atoms. The fraction of sp³-hybridized carbons (Fsp3) is 0.316. The molecule has 0 aliphatic rings. The van der Waals surface area contributed by atoms with Crippen LogP contribution in [0.3, 0.4) is 0 Å². The maximum Gasteiger partial charge on any atom is 0.282 e. The number of benzene rings is 1. The number of ether oxygens (including phenoxy) is 3. The third-order valence-corrected chi connectivity index (χ3v) is 4.53. The van der Waals surface area contributed by atoms with Crippen LogP contribution in [0.4, 0.5) is 8.78 Å². The van der Waals surface area contributed by atoms with Crippen molar-refractivity contribution < 1.29 is 32.3 Å². The molecule has 0 radical (unpaired) electrons. The maximum atomic E-state index is 13.2. The Hall–Kier alpha value is -3.63. The van der Waals surface area contributed by atoms with E-state index < -0.39 is 18.0 Å². The molecule has 0 saturated heterocycles. The van der Waals surface area contributed by atoms with Gasteiger partial charge in [0, 0.05) is 17.3 Å². The van der Waals surface area contributed by atoms with Gasteiger partial charge in [0.1, 0.15) is 17.9 Å². The summed E-state index contributed by atoms with van der Waals surface area (Å²) in [6.45, 7) is 1.45. The van der Waals surface area contributed by atoms with Gasteiger partial charge in [-0.05, 0) is 19.1 Å². The van der Waals surface area contributed by atoms with Gasteiger partial charge in [0.15, 0.2) is 17.3 Å². The molecule has 0 aliphatic heterocycles. The number of rotatable bonds is 8. The van der Waals surface area contributed by atoms with Crippen molar-refractivity contribution in [2.45, 2.75) is 19.9 Å². The van der Waals surface area contributed by atoms with Crippen LogP contribution in [-0.2, 0) is 6.54 Å². The average molecular weight is 422 g/mol. The van der Waals surface area contributed by atoms with E-state index in [0.29, 0.717) is 34.3 Å². The summed E-state index contributed by atoms with van der Waals surface area (Å²) >= 11 is 0. The number of nitrogens with zero attached hydrogens (tertiary/aromatic N) is 3. The molecule has 0 unspecified atom stereocenters. The number of amides is 1. The quantitative estimate of drug-likeness (QED) is 0.593. The molecule has 0 saturated carbocycles. The summed E-state index contributed by atoms with van der Waals surface area (Å²) in [5, 5.41) is 7.83. The van der Waals surface area contributed by atoms with Gasteiger partial charge >= 0.3 is 0 Å². The summed E-state index contributed by atoms with van der Waals surface area (Å²) in [4.78, 5) is 11.5. The highest BCUT2D eigenvalue weighted by molar-refractivity contribution is 5.95. The zero-order valence-electron chi connectivity index (χ0n) is 16.7. The summed E-state index contributed by atoms with van der Waals surface area (Å²) in [6.07, 6.45) is -2.94. The molecule has 0 aliphatic carbocycles. The number of methoxy groups -OCH3 is 3. The van der Waals surface area contributed by atoms with Gasteiger partial charge in [-0.25, -0.2) is 8.78 Å². The van der Waals surface area contributed by atoms with Gasteiger partial charge in [0.25, 0.3) is 12.3 Å². The van der Waals surface area contributed by atoms with Crippen LogP contribution in [0.25, 0.3) is 11.3 Å². The van der Waals surface area contributed by atoms with Crippen molar-refractivity contribution in [2.24, 2.45) is 5.73 Å². The molecule has 3 rings (SSSR count). The second-order valence-corrected chi connectivity index (χ2v) is 6.23. The predicted molar refractivity (Wildman–Crippen MR) is 101 cm³/mol. The Morgan fingerprint density at radius 3 is 2.43 bits per heavy atom. The van der Waals surface area contributed by atoms with Crippen molar-refractivity contribution >= 4 is 5.91 Å². The fourth-order valence-corrected chi connectivity index (χ4v) is 3.15.